The van der Waals surface area contributed by atoms with Gasteiger partial charge in [-0.05, 0) is 36.4 Å². The first kappa shape index (κ1) is 20.7. The second-order valence-corrected chi connectivity index (χ2v) is 7.64. The van der Waals surface area contributed by atoms with Gasteiger partial charge in [-0.1, -0.05) is 18.2 Å². The van der Waals surface area contributed by atoms with Gasteiger partial charge in [-0.15, -0.1) is 0 Å². The summed E-state index contributed by atoms with van der Waals surface area (Å²) >= 11 is 0. The number of ether oxygens (including phenoxy) is 3. The smallest absolute Gasteiger partial charge is 0.251 e. The van der Waals surface area contributed by atoms with Crippen LogP contribution in [0.25, 0.3) is 0 Å². The number of carbonyl (C=O) groups is 1. The Morgan fingerprint density at radius 3 is 2.43 bits per heavy atom. The molecule has 2 fully saturated rings. The van der Waals surface area contributed by atoms with Crippen LogP contribution >= 0.6 is 0 Å². The quantitative estimate of drug-likeness (QED) is 0.752. The summed E-state index contributed by atoms with van der Waals surface area (Å²) in [5, 5.41) is 14.2. The Kier molecular flexibility index (Phi) is 6.52. The minimum Gasteiger partial charge on any atom is -0.497 e. The SMILES string of the molecule is COc1ccc(C(=O)N[C@@H]2C[C@@H](Oc3ccccc3)[C@H](O)[C@H]2N2CCOCC2)cc1. The zero-order chi connectivity index (χ0) is 20.9. The van der Waals surface area contributed by atoms with Crippen molar-refractivity contribution in [2.75, 3.05) is 33.4 Å². The molecule has 7 heteroatoms. The molecule has 0 unspecified atom stereocenters. The predicted molar refractivity (Wildman–Crippen MR) is 112 cm³/mol. The molecule has 1 aliphatic heterocycles. The van der Waals surface area contributed by atoms with E-state index in [1.54, 1.807) is 31.4 Å². The number of amides is 1. The number of hydrogen-bond acceptors (Lipinski definition) is 6. The number of aliphatic hydroxyl groups excluding tert-OH is 1. The van der Waals surface area contributed by atoms with Crippen LogP contribution in [0.1, 0.15) is 16.8 Å². The molecule has 7 nitrogen and oxygen atoms in total. The highest BCUT2D eigenvalue weighted by Gasteiger charge is 2.47. The van der Waals surface area contributed by atoms with Crippen molar-refractivity contribution in [1.29, 1.82) is 0 Å². The Morgan fingerprint density at radius 1 is 1.07 bits per heavy atom. The summed E-state index contributed by atoms with van der Waals surface area (Å²) in [7, 11) is 1.59. The van der Waals surface area contributed by atoms with Gasteiger partial charge in [0.15, 0.2) is 0 Å². The maximum absolute atomic E-state index is 12.9. The standard InChI is InChI=1S/C23H28N2O5/c1-28-17-9-7-16(8-10-17)23(27)24-19-15-20(30-18-5-3-2-4-6-18)22(26)21(19)25-11-13-29-14-12-25/h2-10,19-22,26H,11-15H2,1H3,(H,24,27)/t19-,20-,21+,22+/m1/s1. The molecule has 2 aromatic rings. The number of aliphatic hydroxyl groups is 1. The summed E-state index contributed by atoms with van der Waals surface area (Å²) in [5.41, 5.74) is 0.554. The van der Waals surface area contributed by atoms with E-state index < -0.39 is 12.2 Å². The van der Waals surface area contributed by atoms with Gasteiger partial charge in [0, 0.05) is 25.1 Å². The molecule has 1 amide bonds. The zero-order valence-electron chi connectivity index (χ0n) is 17.1. The molecule has 0 spiro atoms. The molecular weight excluding hydrogens is 384 g/mol. The zero-order valence-corrected chi connectivity index (χ0v) is 17.1. The molecule has 30 heavy (non-hydrogen) atoms. The monoisotopic (exact) mass is 412 g/mol. The van der Waals surface area contributed by atoms with E-state index in [1.165, 1.54) is 0 Å². The van der Waals surface area contributed by atoms with Crippen LogP contribution in [-0.2, 0) is 4.74 Å². The molecule has 1 saturated carbocycles. The number of para-hydroxylation sites is 1. The summed E-state index contributed by atoms with van der Waals surface area (Å²) < 4.78 is 16.7. The number of hydrogen-bond donors (Lipinski definition) is 2. The van der Waals surface area contributed by atoms with Crippen LogP contribution in [0.15, 0.2) is 54.6 Å². The molecule has 0 bridgehead atoms. The Morgan fingerprint density at radius 2 is 1.77 bits per heavy atom. The van der Waals surface area contributed by atoms with E-state index in [-0.39, 0.29) is 18.0 Å². The van der Waals surface area contributed by atoms with Crippen LogP contribution in [0.4, 0.5) is 0 Å². The third-order valence-electron chi connectivity index (χ3n) is 5.80. The van der Waals surface area contributed by atoms with Crippen molar-refractivity contribution in [2.24, 2.45) is 0 Å². The second-order valence-electron chi connectivity index (χ2n) is 7.64. The van der Waals surface area contributed by atoms with Gasteiger partial charge in [0.05, 0.1) is 32.4 Å². The fourth-order valence-corrected chi connectivity index (χ4v) is 4.26. The Hall–Kier alpha value is -2.61. The third-order valence-corrected chi connectivity index (χ3v) is 5.80. The first-order valence-corrected chi connectivity index (χ1v) is 10.3. The van der Waals surface area contributed by atoms with Crippen LogP contribution in [0.5, 0.6) is 11.5 Å². The van der Waals surface area contributed by atoms with Gasteiger partial charge in [0.1, 0.15) is 23.7 Å². The predicted octanol–water partition coefficient (Wildman–Crippen LogP) is 1.71. The molecule has 2 aromatic carbocycles. The molecule has 4 atom stereocenters. The number of nitrogens with zero attached hydrogens (tertiary/aromatic N) is 1. The summed E-state index contributed by atoms with van der Waals surface area (Å²) in [6.45, 7) is 2.67. The molecule has 1 aliphatic carbocycles. The number of rotatable bonds is 6. The first-order chi connectivity index (χ1) is 14.7. The molecule has 1 heterocycles. The lowest BCUT2D eigenvalue weighted by Crippen LogP contribution is -2.56. The number of morpholine rings is 1. The van der Waals surface area contributed by atoms with Crippen LogP contribution in [0.2, 0.25) is 0 Å². The summed E-state index contributed by atoms with van der Waals surface area (Å²) in [6.07, 6.45) is -0.592. The molecule has 1 saturated heterocycles. The summed E-state index contributed by atoms with van der Waals surface area (Å²) in [4.78, 5) is 15.1. The van der Waals surface area contributed by atoms with Crippen LogP contribution in [0.3, 0.4) is 0 Å². The number of benzene rings is 2. The Labute approximate surface area is 176 Å². The van der Waals surface area contributed by atoms with Crippen molar-refractivity contribution in [3.05, 3.63) is 60.2 Å². The first-order valence-electron chi connectivity index (χ1n) is 10.3. The minimum atomic E-state index is -0.718. The van der Waals surface area contributed by atoms with Crippen molar-refractivity contribution >= 4 is 5.91 Å². The maximum atomic E-state index is 12.9. The lowest BCUT2D eigenvalue weighted by Gasteiger charge is -2.37. The van der Waals surface area contributed by atoms with Crippen molar-refractivity contribution in [2.45, 2.75) is 30.7 Å². The van der Waals surface area contributed by atoms with Gasteiger partial charge in [0.25, 0.3) is 5.91 Å². The molecule has 4 rings (SSSR count). The normalized spacial score (nSPS) is 26.9. The van der Waals surface area contributed by atoms with E-state index in [2.05, 4.69) is 10.2 Å². The van der Waals surface area contributed by atoms with Crippen molar-refractivity contribution < 1.29 is 24.1 Å². The number of nitrogens with one attached hydrogen (secondary N) is 1. The Balaban J connectivity index is 1.50. The minimum absolute atomic E-state index is 0.173. The average molecular weight is 412 g/mol. The average Bonchev–Trinajstić information content (AvgIpc) is 3.09. The van der Waals surface area contributed by atoms with Gasteiger partial charge >= 0.3 is 0 Å². The van der Waals surface area contributed by atoms with Crippen LogP contribution in [-0.4, -0.2) is 73.6 Å². The maximum Gasteiger partial charge on any atom is 0.251 e. The molecular formula is C23H28N2O5. The molecule has 0 radical (unpaired) electrons. The van der Waals surface area contributed by atoms with Gasteiger partial charge in [0.2, 0.25) is 0 Å². The fraction of sp³-hybridized carbons (Fsp3) is 0.435. The molecule has 2 N–H and O–H groups in total. The van der Waals surface area contributed by atoms with Gasteiger partial charge in [-0.3, -0.25) is 9.69 Å². The van der Waals surface area contributed by atoms with Crippen LogP contribution < -0.4 is 14.8 Å². The van der Waals surface area contributed by atoms with E-state index in [0.717, 1.165) is 0 Å². The van der Waals surface area contributed by atoms with E-state index in [9.17, 15) is 9.90 Å². The van der Waals surface area contributed by atoms with Crippen molar-refractivity contribution in [1.82, 2.24) is 10.2 Å². The van der Waals surface area contributed by atoms with Gasteiger partial charge in [-0.25, -0.2) is 0 Å². The number of methoxy groups -OCH3 is 1. The van der Waals surface area contributed by atoms with Gasteiger partial charge < -0.3 is 24.6 Å². The summed E-state index contributed by atoms with van der Waals surface area (Å²) in [6, 6.07) is 16.0. The van der Waals surface area contributed by atoms with Crippen molar-refractivity contribution in [3.8, 4) is 11.5 Å². The van der Waals surface area contributed by atoms with Crippen LogP contribution in [0, 0.1) is 0 Å². The lowest BCUT2D eigenvalue weighted by molar-refractivity contribution is -0.0350. The van der Waals surface area contributed by atoms with Crippen molar-refractivity contribution in [3.63, 3.8) is 0 Å². The molecule has 2 aliphatic rings. The summed E-state index contributed by atoms with van der Waals surface area (Å²) in [5.74, 6) is 1.24. The Bertz CT molecular complexity index is 823. The van der Waals surface area contributed by atoms with E-state index >= 15 is 0 Å². The van der Waals surface area contributed by atoms with E-state index in [0.29, 0.717) is 49.8 Å². The number of carbonyl (C=O) groups excluding carboxylic acids is 1. The third kappa shape index (κ3) is 4.59. The van der Waals surface area contributed by atoms with E-state index in [1.807, 2.05) is 30.3 Å². The van der Waals surface area contributed by atoms with E-state index in [4.69, 9.17) is 14.2 Å². The molecule has 160 valence electrons. The lowest BCUT2D eigenvalue weighted by atomic mass is 10.1. The highest BCUT2D eigenvalue weighted by molar-refractivity contribution is 5.94. The second kappa shape index (κ2) is 9.47. The highest BCUT2D eigenvalue weighted by atomic mass is 16.5. The van der Waals surface area contributed by atoms with Gasteiger partial charge in [-0.2, -0.15) is 0 Å². The topological polar surface area (TPSA) is 80.3 Å². The largest absolute Gasteiger partial charge is 0.497 e. The fourth-order valence-electron chi connectivity index (χ4n) is 4.26. The highest BCUT2D eigenvalue weighted by Crippen LogP contribution is 2.30. The molecule has 0 aromatic heterocycles.